The first kappa shape index (κ1) is 21.2. The number of hydrogen-bond donors (Lipinski definition) is 3. The minimum absolute atomic E-state index is 0.0462. The Labute approximate surface area is 176 Å². The van der Waals surface area contributed by atoms with E-state index >= 15 is 0 Å². The van der Waals surface area contributed by atoms with Gasteiger partial charge in [-0.2, -0.15) is 18.3 Å². The average Bonchev–Trinajstić information content (AvgIpc) is 3.28. The van der Waals surface area contributed by atoms with Crippen LogP contribution in [0.2, 0.25) is 5.02 Å². The highest BCUT2D eigenvalue weighted by molar-refractivity contribution is 6.34. The zero-order valence-corrected chi connectivity index (χ0v) is 16.2. The Balaban J connectivity index is 1.84. The van der Waals surface area contributed by atoms with E-state index in [2.05, 4.69) is 20.7 Å². The van der Waals surface area contributed by atoms with Gasteiger partial charge in [-0.3, -0.25) is 4.79 Å². The molecule has 3 heterocycles. The zero-order valence-electron chi connectivity index (χ0n) is 15.5. The lowest BCUT2D eigenvalue weighted by atomic mass is 10.1. The van der Waals surface area contributed by atoms with Crippen LogP contribution < -0.4 is 16.4 Å². The SMILES string of the molecule is Nc1ncnn2c(-c3cc(F)c(Cl)c(C(=O)N[C@@H]4CNC[C@@H]4F)c3)cc(C(F)(F)F)c12. The van der Waals surface area contributed by atoms with E-state index in [1.165, 1.54) is 0 Å². The molecule has 0 radical (unpaired) electrons. The largest absolute Gasteiger partial charge is 0.418 e. The number of anilines is 1. The Morgan fingerprint density at radius 2 is 2.03 bits per heavy atom. The number of nitrogens with two attached hydrogens (primary N) is 1. The van der Waals surface area contributed by atoms with Gasteiger partial charge in [0.15, 0.2) is 5.82 Å². The van der Waals surface area contributed by atoms with Crippen LogP contribution in [0.5, 0.6) is 0 Å². The van der Waals surface area contributed by atoms with Crippen molar-refractivity contribution in [1.29, 1.82) is 0 Å². The molecule has 0 unspecified atom stereocenters. The summed E-state index contributed by atoms with van der Waals surface area (Å²) in [6.07, 6.45) is -5.20. The van der Waals surface area contributed by atoms with Gasteiger partial charge in [0, 0.05) is 18.7 Å². The fraction of sp³-hybridized carbons (Fsp3) is 0.278. The number of alkyl halides is 4. The molecule has 1 fully saturated rings. The molecule has 1 amide bonds. The molecule has 13 heteroatoms. The van der Waals surface area contributed by atoms with Crippen LogP contribution in [-0.2, 0) is 6.18 Å². The third-order valence-corrected chi connectivity index (χ3v) is 5.30. The number of carbonyl (C=O) groups is 1. The summed E-state index contributed by atoms with van der Waals surface area (Å²) >= 11 is 5.91. The van der Waals surface area contributed by atoms with Crippen molar-refractivity contribution >= 4 is 28.8 Å². The van der Waals surface area contributed by atoms with Gasteiger partial charge in [0.1, 0.15) is 23.8 Å². The molecule has 0 spiro atoms. The van der Waals surface area contributed by atoms with Gasteiger partial charge < -0.3 is 16.4 Å². The predicted molar refractivity (Wildman–Crippen MR) is 102 cm³/mol. The highest BCUT2D eigenvalue weighted by atomic mass is 35.5. The van der Waals surface area contributed by atoms with Gasteiger partial charge in [-0.05, 0) is 18.2 Å². The molecule has 2 aromatic heterocycles. The smallest absolute Gasteiger partial charge is 0.382 e. The minimum atomic E-state index is -4.79. The number of amides is 1. The summed E-state index contributed by atoms with van der Waals surface area (Å²) in [6.45, 7) is 0.214. The fourth-order valence-electron chi connectivity index (χ4n) is 3.43. The molecule has 1 saturated heterocycles. The molecule has 1 aliphatic rings. The number of nitrogens with zero attached hydrogens (tertiary/aromatic N) is 3. The van der Waals surface area contributed by atoms with Gasteiger partial charge in [0.2, 0.25) is 0 Å². The van der Waals surface area contributed by atoms with Gasteiger partial charge in [0.05, 0.1) is 27.9 Å². The number of benzene rings is 1. The molecule has 164 valence electrons. The topological polar surface area (TPSA) is 97.3 Å². The second kappa shape index (κ2) is 7.61. The quantitative estimate of drug-likeness (QED) is 0.522. The first-order valence-electron chi connectivity index (χ1n) is 8.92. The lowest BCUT2D eigenvalue weighted by Crippen LogP contribution is -2.41. The normalized spacial score (nSPS) is 19.2. The highest BCUT2D eigenvalue weighted by Crippen LogP contribution is 2.39. The average molecular weight is 461 g/mol. The van der Waals surface area contributed by atoms with E-state index in [1.807, 2.05) is 0 Å². The Morgan fingerprint density at radius 3 is 2.68 bits per heavy atom. The Hall–Kier alpha value is -2.99. The van der Waals surface area contributed by atoms with Gasteiger partial charge in [0.25, 0.3) is 5.91 Å². The summed E-state index contributed by atoms with van der Waals surface area (Å²) in [5.74, 6) is -2.34. The molecule has 0 bridgehead atoms. The number of hydrogen-bond acceptors (Lipinski definition) is 5. The van der Waals surface area contributed by atoms with Gasteiger partial charge in [-0.1, -0.05) is 11.6 Å². The summed E-state index contributed by atoms with van der Waals surface area (Å²) in [4.78, 5) is 16.2. The maximum Gasteiger partial charge on any atom is 0.418 e. The van der Waals surface area contributed by atoms with Crippen molar-refractivity contribution < 1.29 is 26.7 Å². The van der Waals surface area contributed by atoms with Crippen LogP contribution >= 0.6 is 11.6 Å². The van der Waals surface area contributed by atoms with Crippen LogP contribution in [0.15, 0.2) is 24.5 Å². The summed E-state index contributed by atoms with van der Waals surface area (Å²) < 4.78 is 69.7. The Kier molecular flexibility index (Phi) is 5.21. The van der Waals surface area contributed by atoms with Crippen molar-refractivity contribution in [3.8, 4) is 11.3 Å². The number of rotatable bonds is 3. The van der Waals surface area contributed by atoms with E-state index in [0.29, 0.717) is 0 Å². The molecule has 31 heavy (non-hydrogen) atoms. The van der Waals surface area contributed by atoms with Crippen LogP contribution in [0.3, 0.4) is 0 Å². The van der Waals surface area contributed by atoms with Crippen LogP contribution in [0, 0.1) is 5.82 Å². The number of aromatic nitrogens is 3. The third-order valence-electron chi connectivity index (χ3n) is 4.91. The molecule has 4 rings (SSSR count). The molecule has 4 N–H and O–H groups in total. The number of carbonyl (C=O) groups excluding carboxylic acids is 1. The van der Waals surface area contributed by atoms with Crippen LogP contribution in [0.25, 0.3) is 16.8 Å². The minimum Gasteiger partial charge on any atom is -0.382 e. The molecule has 3 aromatic rings. The summed E-state index contributed by atoms with van der Waals surface area (Å²) in [5, 5.41) is 8.40. The molecular formula is C18H14ClF5N6O. The van der Waals surface area contributed by atoms with Crippen molar-refractivity contribution in [3.63, 3.8) is 0 Å². The summed E-state index contributed by atoms with van der Waals surface area (Å²) in [6, 6.07) is 1.85. The highest BCUT2D eigenvalue weighted by Gasteiger charge is 2.37. The fourth-order valence-corrected chi connectivity index (χ4v) is 3.62. The van der Waals surface area contributed by atoms with Gasteiger partial charge in [-0.15, -0.1) is 0 Å². The predicted octanol–water partition coefficient (Wildman–Crippen LogP) is 2.83. The molecular weight excluding hydrogens is 447 g/mol. The number of nitrogen functional groups attached to an aromatic ring is 1. The van der Waals surface area contributed by atoms with E-state index in [4.69, 9.17) is 17.3 Å². The molecule has 2 atom stereocenters. The standard InChI is InChI=1S/C18H14ClF5N6O/c19-14-8(17(31)29-12-5-26-4-11(12)21)1-7(2-10(14)20)13-3-9(18(22,23)24)15-16(25)27-6-28-30(13)15/h1-3,6,11-12,26H,4-5H2,(H,29,31)(H2,25,27,28)/t11-,12+/m0/s1. The van der Waals surface area contributed by atoms with E-state index in [-0.39, 0.29) is 29.9 Å². The van der Waals surface area contributed by atoms with Crippen molar-refractivity contribution in [2.75, 3.05) is 18.8 Å². The van der Waals surface area contributed by atoms with Crippen molar-refractivity contribution in [3.05, 3.63) is 46.5 Å². The van der Waals surface area contributed by atoms with Crippen molar-refractivity contribution in [1.82, 2.24) is 25.2 Å². The molecule has 7 nitrogen and oxygen atoms in total. The zero-order chi connectivity index (χ0) is 22.5. The van der Waals surface area contributed by atoms with Crippen molar-refractivity contribution in [2.45, 2.75) is 18.4 Å². The molecule has 0 saturated carbocycles. The number of halogens is 6. The van der Waals surface area contributed by atoms with Gasteiger partial charge in [-0.25, -0.2) is 18.3 Å². The second-order valence-corrected chi connectivity index (χ2v) is 7.30. The van der Waals surface area contributed by atoms with Crippen molar-refractivity contribution in [2.24, 2.45) is 0 Å². The van der Waals surface area contributed by atoms with E-state index in [1.54, 1.807) is 0 Å². The van der Waals surface area contributed by atoms with Crippen LogP contribution in [0.4, 0.5) is 27.8 Å². The van der Waals surface area contributed by atoms with E-state index in [0.717, 1.165) is 29.0 Å². The van der Waals surface area contributed by atoms with Crippen LogP contribution in [0.1, 0.15) is 15.9 Å². The Morgan fingerprint density at radius 1 is 1.29 bits per heavy atom. The Bertz CT molecular complexity index is 1180. The van der Waals surface area contributed by atoms with Gasteiger partial charge >= 0.3 is 6.18 Å². The molecule has 1 aliphatic heterocycles. The molecule has 1 aromatic carbocycles. The lowest BCUT2D eigenvalue weighted by molar-refractivity contribution is -0.136. The first-order valence-corrected chi connectivity index (χ1v) is 9.30. The summed E-state index contributed by atoms with van der Waals surface area (Å²) in [7, 11) is 0. The van der Waals surface area contributed by atoms with E-state index in [9.17, 15) is 26.7 Å². The molecule has 0 aliphatic carbocycles. The first-order chi connectivity index (χ1) is 14.6. The third kappa shape index (κ3) is 3.76. The van der Waals surface area contributed by atoms with Crippen LogP contribution in [-0.4, -0.2) is 45.8 Å². The second-order valence-electron chi connectivity index (χ2n) is 6.92. The number of fused-ring (bicyclic) bond motifs is 1. The monoisotopic (exact) mass is 460 g/mol. The maximum absolute atomic E-state index is 14.5. The summed E-state index contributed by atoms with van der Waals surface area (Å²) in [5.41, 5.74) is 3.31. The maximum atomic E-state index is 14.5. The van der Waals surface area contributed by atoms with E-state index < -0.39 is 52.0 Å². The number of nitrogens with one attached hydrogen (secondary N) is 2. The lowest BCUT2D eigenvalue weighted by Gasteiger charge is -2.15.